The number of benzene rings is 4. The van der Waals surface area contributed by atoms with Crippen LogP contribution in [0, 0.1) is 0 Å². The first kappa shape index (κ1) is 25.3. The summed E-state index contributed by atoms with van der Waals surface area (Å²) in [6.07, 6.45) is 4.30. The maximum Gasteiger partial charge on any atom is 0.120 e. The SMILES string of the molecule is CC(C)(C)Oc1cccc(-c2ccc(/C=C/c3ccc(-c4cccc(OC(C)(C)C)c4)cc3)cc2)c1. The Hall–Kier alpha value is -3.78. The van der Waals surface area contributed by atoms with E-state index in [4.69, 9.17) is 9.47 Å². The zero-order chi connectivity index (χ0) is 25.8. The molecule has 36 heavy (non-hydrogen) atoms. The lowest BCUT2D eigenvalue weighted by molar-refractivity contribution is 0.130. The zero-order valence-corrected chi connectivity index (χ0v) is 22.2. The monoisotopic (exact) mass is 476 g/mol. The van der Waals surface area contributed by atoms with Gasteiger partial charge in [-0.05, 0) is 99.2 Å². The average molecular weight is 477 g/mol. The normalized spacial score (nSPS) is 12.1. The molecule has 0 N–H and O–H groups in total. The Kier molecular flexibility index (Phi) is 7.35. The van der Waals surface area contributed by atoms with Crippen molar-refractivity contribution in [3.63, 3.8) is 0 Å². The van der Waals surface area contributed by atoms with Crippen molar-refractivity contribution in [3.05, 3.63) is 108 Å². The van der Waals surface area contributed by atoms with Crippen molar-refractivity contribution in [2.75, 3.05) is 0 Å². The Labute approximate surface area is 216 Å². The van der Waals surface area contributed by atoms with Crippen molar-refractivity contribution in [1.82, 2.24) is 0 Å². The number of hydrogen-bond acceptors (Lipinski definition) is 2. The zero-order valence-electron chi connectivity index (χ0n) is 22.2. The van der Waals surface area contributed by atoms with Crippen molar-refractivity contribution in [3.8, 4) is 33.8 Å². The summed E-state index contributed by atoms with van der Waals surface area (Å²) < 4.78 is 12.0. The summed E-state index contributed by atoms with van der Waals surface area (Å²) in [7, 11) is 0. The van der Waals surface area contributed by atoms with E-state index >= 15 is 0 Å². The van der Waals surface area contributed by atoms with Gasteiger partial charge in [0.2, 0.25) is 0 Å². The van der Waals surface area contributed by atoms with Gasteiger partial charge in [0.05, 0.1) is 0 Å². The van der Waals surface area contributed by atoms with Crippen LogP contribution in [0.5, 0.6) is 11.5 Å². The van der Waals surface area contributed by atoms with Gasteiger partial charge in [0.15, 0.2) is 0 Å². The maximum absolute atomic E-state index is 6.02. The van der Waals surface area contributed by atoms with Crippen molar-refractivity contribution < 1.29 is 9.47 Å². The highest BCUT2D eigenvalue weighted by Crippen LogP contribution is 2.28. The third-order valence-corrected chi connectivity index (χ3v) is 5.47. The second-order valence-corrected chi connectivity index (χ2v) is 11.1. The van der Waals surface area contributed by atoms with Crippen molar-refractivity contribution in [2.24, 2.45) is 0 Å². The van der Waals surface area contributed by atoms with Gasteiger partial charge in [-0.3, -0.25) is 0 Å². The van der Waals surface area contributed by atoms with Crippen LogP contribution in [0.15, 0.2) is 97.1 Å². The fraction of sp³-hybridized carbons (Fsp3) is 0.235. The van der Waals surface area contributed by atoms with Gasteiger partial charge in [0.25, 0.3) is 0 Å². The second kappa shape index (κ2) is 10.5. The van der Waals surface area contributed by atoms with Crippen molar-refractivity contribution in [2.45, 2.75) is 52.7 Å². The first-order valence-corrected chi connectivity index (χ1v) is 12.5. The van der Waals surface area contributed by atoms with Gasteiger partial charge in [-0.1, -0.05) is 84.9 Å². The van der Waals surface area contributed by atoms with E-state index in [0.29, 0.717) is 0 Å². The van der Waals surface area contributed by atoms with Gasteiger partial charge in [-0.25, -0.2) is 0 Å². The van der Waals surface area contributed by atoms with Crippen LogP contribution in [-0.2, 0) is 0 Å². The van der Waals surface area contributed by atoms with E-state index in [2.05, 4.69) is 126 Å². The highest BCUT2D eigenvalue weighted by molar-refractivity contribution is 5.74. The van der Waals surface area contributed by atoms with E-state index in [1.54, 1.807) is 0 Å². The molecule has 2 heteroatoms. The van der Waals surface area contributed by atoms with E-state index in [1.165, 1.54) is 11.1 Å². The van der Waals surface area contributed by atoms with E-state index in [0.717, 1.165) is 33.8 Å². The minimum Gasteiger partial charge on any atom is -0.488 e. The quantitative estimate of drug-likeness (QED) is 0.258. The first-order valence-electron chi connectivity index (χ1n) is 12.5. The fourth-order valence-electron chi connectivity index (χ4n) is 3.95. The molecule has 0 fully saturated rings. The third kappa shape index (κ3) is 7.36. The molecule has 2 nitrogen and oxygen atoms in total. The molecule has 0 radical (unpaired) electrons. The number of ether oxygens (including phenoxy) is 2. The van der Waals surface area contributed by atoms with Gasteiger partial charge in [0, 0.05) is 0 Å². The molecule has 0 amide bonds. The van der Waals surface area contributed by atoms with Crippen molar-refractivity contribution >= 4 is 12.2 Å². The molecule has 0 unspecified atom stereocenters. The van der Waals surface area contributed by atoms with Crippen LogP contribution in [0.25, 0.3) is 34.4 Å². The summed E-state index contributed by atoms with van der Waals surface area (Å²) in [5.74, 6) is 1.78. The van der Waals surface area contributed by atoms with Gasteiger partial charge in [-0.2, -0.15) is 0 Å². The third-order valence-electron chi connectivity index (χ3n) is 5.47. The highest BCUT2D eigenvalue weighted by Gasteiger charge is 2.13. The Bertz CT molecular complexity index is 1210. The van der Waals surface area contributed by atoms with Gasteiger partial charge < -0.3 is 9.47 Å². The summed E-state index contributed by atoms with van der Waals surface area (Å²) in [6.45, 7) is 12.4. The first-order chi connectivity index (χ1) is 17.0. The Morgan fingerprint density at radius 2 is 0.806 bits per heavy atom. The standard InChI is InChI=1S/C34H36O2/c1-33(2,3)35-31-11-7-9-29(23-31)27-19-15-25(16-20-27)13-14-26-17-21-28(22-18-26)30-10-8-12-32(24-30)36-34(4,5)6/h7-24H,1-6H3/b14-13+. The predicted molar refractivity (Wildman–Crippen MR) is 153 cm³/mol. The number of hydrogen-bond donors (Lipinski definition) is 0. The molecule has 0 saturated carbocycles. The Balaban J connectivity index is 1.43. The van der Waals surface area contributed by atoms with Crippen LogP contribution in [0.3, 0.4) is 0 Å². The summed E-state index contributed by atoms with van der Waals surface area (Å²) in [6, 6.07) is 33.8. The molecule has 0 aromatic heterocycles. The second-order valence-electron chi connectivity index (χ2n) is 11.1. The summed E-state index contributed by atoms with van der Waals surface area (Å²) >= 11 is 0. The van der Waals surface area contributed by atoms with Crippen LogP contribution in [0.1, 0.15) is 52.7 Å². The van der Waals surface area contributed by atoms with E-state index < -0.39 is 0 Å². The molecular weight excluding hydrogens is 440 g/mol. The van der Waals surface area contributed by atoms with Crippen LogP contribution in [0.2, 0.25) is 0 Å². The molecule has 0 atom stereocenters. The smallest absolute Gasteiger partial charge is 0.120 e. The fourth-order valence-corrected chi connectivity index (χ4v) is 3.95. The summed E-state index contributed by atoms with van der Waals surface area (Å²) in [5, 5.41) is 0. The molecule has 0 spiro atoms. The largest absolute Gasteiger partial charge is 0.488 e. The maximum atomic E-state index is 6.02. The molecule has 0 heterocycles. The lowest BCUT2D eigenvalue weighted by atomic mass is 10.0. The number of rotatable bonds is 6. The van der Waals surface area contributed by atoms with Crippen molar-refractivity contribution in [1.29, 1.82) is 0 Å². The lowest BCUT2D eigenvalue weighted by Gasteiger charge is -2.21. The van der Waals surface area contributed by atoms with Crippen LogP contribution < -0.4 is 9.47 Å². The molecule has 184 valence electrons. The topological polar surface area (TPSA) is 18.5 Å². The molecule has 0 aliphatic carbocycles. The van der Waals surface area contributed by atoms with E-state index in [9.17, 15) is 0 Å². The van der Waals surface area contributed by atoms with Gasteiger partial charge >= 0.3 is 0 Å². The molecule has 0 aliphatic rings. The van der Waals surface area contributed by atoms with Crippen LogP contribution in [-0.4, -0.2) is 11.2 Å². The minimum atomic E-state index is -0.212. The highest BCUT2D eigenvalue weighted by atomic mass is 16.5. The molecule has 0 saturated heterocycles. The molecule has 4 aromatic rings. The van der Waals surface area contributed by atoms with Gasteiger partial charge in [0.1, 0.15) is 22.7 Å². The molecule has 4 rings (SSSR count). The molecule has 4 aromatic carbocycles. The van der Waals surface area contributed by atoms with Crippen LogP contribution >= 0.6 is 0 Å². The van der Waals surface area contributed by atoms with E-state index in [-0.39, 0.29) is 11.2 Å². The Morgan fingerprint density at radius 1 is 0.444 bits per heavy atom. The summed E-state index contributed by atoms with van der Waals surface area (Å²) in [5.41, 5.74) is 6.56. The van der Waals surface area contributed by atoms with Crippen LogP contribution in [0.4, 0.5) is 0 Å². The van der Waals surface area contributed by atoms with Gasteiger partial charge in [-0.15, -0.1) is 0 Å². The minimum absolute atomic E-state index is 0.212. The average Bonchev–Trinajstić information content (AvgIpc) is 2.82. The summed E-state index contributed by atoms with van der Waals surface area (Å²) in [4.78, 5) is 0. The predicted octanol–water partition coefficient (Wildman–Crippen LogP) is 9.55. The van der Waals surface area contributed by atoms with E-state index in [1.807, 2.05) is 24.3 Å². The Morgan fingerprint density at radius 3 is 1.14 bits per heavy atom. The molecule has 0 aliphatic heterocycles. The molecular formula is C34H36O2. The lowest BCUT2D eigenvalue weighted by Crippen LogP contribution is -2.22. The molecule has 0 bridgehead atoms.